The summed E-state index contributed by atoms with van der Waals surface area (Å²) in [5, 5.41) is 4.38. The number of rotatable bonds is 4. The molecule has 2 fully saturated rings. The summed E-state index contributed by atoms with van der Waals surface area (Å²) in [4.78, 5) is 14.4. The first-order valence-corrected chi connectivity index (χ1v) is 8.89. The van der Waals surface area contributed by atoms with E-state index in [2.05, 4.69) is 5.10 Å². The molecular formula is C19H23N3O3. The molecule has 0 N–H and O–H groups in total. The van der Waals surface area contributed by atoms with E-state index in [0.717, 1.165) is 24.1 Å². The third-order valence-electron chi connectivity index (χ3n) is 4.98. The van der Waals surface area contributed by atoms with Gasteiger partial charge in [0.15, 0.2) is 5.79 Å². The molecule has 2 aromatic rings. The molecule has 1 aromatic heterocycles. The highest BCUT2D eigenvalue weighted by molar-refractivity contribution is 5.76. The first-order valence-electron chi connectivity index (χ1n) is 8.89. The number of piperidine rings is 1. The van der Waals surface area contributed by atoms with Gasteiger partial charge in [0, 0.05) is 38.5 Å². The summed E-state index contributed by atoms with van der Waals surface area (Å²) in [5.41, 5.74) is 2.10. The van der Waals surface area contributed by atoms with Crippen molar-refractivity contribution >= 4 is 5.91 Å². The molecule has 0 saturated carbocycles. The highest BCUT2D eigenvalue weighted by Gasteiger charge is 2.40. The Morgan fingerprint density at radius 2 is 1.84 bits per heavy atom. The monoisotopic (exact) mass is 341 g/mol. The Kier molecular flexibility index (Phi) is 4.55. The van der Waals surface area contributed by atoms with Crippen LogP contribution in [-0.2, 0) is 20.7 Å². The van der Waals surface area contributed by atoms with Gasteiger partial charge in [-0.1, -0.05) is 18.2 Å². The van der Waals surface area contributed by atoms with Gasteiger partial charge < -0.3 is 14.4 Å². The number of aromatic nitrogens is 2. The Labute approximate surface area is 147 Å². The number of hydrogen-bond acceptors (Lipinski definition) is 4. The molecule has 1 spiro atoms. The van der Waals surface area contributed by atoms with Gasteiger partial charge >= 0.3 is 0 Å². The van der Waals surface area contributed by atoms with Gasteiger partial charge in [-0.2, -0.15) is 5.10 Å². The molecule has 6 nitrogen and oxygen atoms in total. The zero-order chi connectivity index (χ0) is 17.1. The number of aryl methyl sites for hydroxylation is 1. The van der Waals surface area contributed by atoms with Crippen molar-refractivity contribution in [3.05, 3.63) is 48.3 Å². The van der Waals surface area contributed by atoms with E-state index in [-0.39, 0.29) is 5.91 Å². The van der Waals surface area contributed by atoms with E-state index in [1.165, 1.54) is 0 Å². The maximum Gasteiger partial charge on any atom is 0.222 e. The molecule has 1 aromatic carbocycles. The summed E-state index contributed by atoms with van der Waals surface area (Å²) < 4.78 is 13.3. The quantitative estimate of drug-likeness (QED) is 0.855. The van der Waals surface area contributed by atoms with E-state index >= 15 is 0 Å². The lowest BCUT2D eigenvalue weighted by Crippen LogP contribution is -2.47. The minimum absolute atomic E-state index is 0.195. The van der Waals surface area contributed by atoms with Gasteiger partial charge in [0.25, 0.3) is 0 Å². The molecule has 1 amide bonds. The van der Waals surface area contributed by atoms with Gasteiger partial charge in [-0.3, -0.25) is 4.79 Å². The average Bonchev–Trinajstić information content (AvgIpc) is 3.31. The van der Waals surface area contributed by atoms with E-state index in [0.29, 0.717) is 39.1 Å². The lowest BCUT2D eigenvalue weighted by Gasteiger charge is -2.37. The summed E-state index contributed by atoms with van der Waals surface area (Å²) in [6.07, 6.45) is 6.59. The van der Waals surface area contributed by atoms with Gasteiger partial charge in [0.1, 0.15) is 0 Å². The molecular weight excluding hydrogens is 318 g/mol. The Hall–Kier alpha value is -2.18. The lowest BCUT2D eigenvalue weighted by atomic mass is 10.0. The fourth-order valence-corrected chi connectivity index (χ4v) is 3.50. The van der Waals surface area contributed by atoms with Gasteiger partial charge in [-0.25, -0.2) is 4.68 Å². The predicted octanol–water partition coefficient (Wildman–Crippen LogP) is 2.17. The van der Waals surface area contributed by atoms with Crippen LogP contribution in [-0.4, -0.2) is 52.7 Å². The number of amides is 1. The van der Waals surface area contributed by atoms with E-state index in [9.17, 15) is 4.79 Å². The fraction of sp³-hybridized carbons (Fsp3) is 0.474. The van der Waals surface area contributed by atoms with Crippen LogP contribution < -0.4 is 0 Å². The molecule has 0 bridgehead atoms. The molecule has 0 atom stereocenters. The molecule has 132 valence electrons. The SMILES string of the molecule is O=C(CCc1cnn(-c2ccccc2)c1)N1CCC2(CC1)OCCO2. The molecule has 2 aliphatic rings. The highest BCUT2D eigenvalue weighted by Crippen LogP contribution is 2.31. The maximum atomic E-state index is 12.5. The van der Waals surface area contributed by atoms with Crippen molar-refractivity contribution in [2.45, 2.75) is 31.5 Å². The van der Waals surface area contributed by atoms with Crippen molar-refractivity contribution in [1.82, 2.24) is 14.7 Å². The average molecular weight is 341 g/mol. The van der Waals surface area contributed by atoms with Crippen LogP contribution in [0.15, 0.2) is 42.7 Å². The molecule has 0 aliphatic carbocycles. The second-order valence-corrected chi connectivity index (χ2v) is 6.62. The molecule has 2 aliphatic heterocycles. The van der Waals surface area contributed by atoms with Gasteiger partial charge in [-0.15, -0.1) is 0 Å². The summed E-state index contributed by atoms with van der Waals surface area (Å²) in [6.45, 7) is 2.75. The minimum atomic E-state index is -0.423. The number of ether oxygens (including phenoxy) is 2. The van der Waals surface area contributed by atoms with Crippen LogP contribution in [0.5, 0.6) is 0 Å². The van der Waals surface area contributed by atoms with E-state index < -0.39 is 5.79 Å². The van der Waals surface area contributed by atoms with E-state index in [4.69, 9.17) is 9.47 Å². The topological polar surface area (TPSA) is 56.6 Å². The molecule has 0 radical (unpaired) electrons. The van der Waals surface area contributed by atoms with Crippen LogP contribution in [0, 0.1) is 0 Å². The second kappa shape index (κ2) is 6.98. The smallest absolute Gasteiger partial charge is 0.222 e. The summed E-state index contributed by atoms with van der Waals surface area (Å²) in [7, 11) is 0. The molecule has 4 rings (SSSR count). The standard InChI is InChI=1S/C19H23N3O3/c23-18(21-10-8-19(9-11-21)24-12-13-25-19)7-6-16-14-20-22(15-16)17-4-2-1-3-5-17/h1-5,14-15H,6-13H2. The van der Waals surface area contributed by atoms with Crippen LogP contribution in [0.25, 0.3) is 5.69 Å². The first-order chi connectivity index (χ1) is 12.2. The highest BCUT2D eigenvalue weighted by atomic mass is 16.7. The van der Waals surface area contributed by atoms with Gasteiger partial charge in [0.05, 0.1) is 25.1 Å². The third-order valence-corrected chi connectivity index (χ3v) is 4.98. The van der Waals surface area contributed by atoms with Gasteiger partial charge in [-0.05, 0) is 24.1 Å². The Morgan fingerprint density at radius 1 is 1.12 bits per heavy atom. The summed E-state index contributed by atoms with van der Waals surface area (Å²) >= 11 is 0. The molecule has 6 heteroatoms. The number of hydrogen-bond donors (Lipinski definition) is 0. The number of carbonyl (C=O) groups excluding carboxylic acids is 1. The zero-order valence-corrected chi connectivity index (χ0v) is 14.3. The lowest BCUT2D eigenvalue weighted by molar-refractivity contribution is -0.187. The number of likely N-dealkylation sites (tertiary alicyclic amines) is 1. The third kappa shape index (κ3) is 3.60. The largest absolute Gasteiger partial charge is 0.347 e. The molecule has 3 heterocycles. The predicted molar refractivity (Wildman–Crippen MR) is 92.3 cm³/mol. The number of para-hydroxylation sites is 1. The number of carbonyl (C=O) groups is 1. The van der Waals surface area contributed by atoms with Crippen molar-refractivity contribution in [1.29, 1.82) is 0 Å². The van der Waals surface area contributed by atoms with Crippen molar-refractivity contribution in [2.75, 3.05) is 26.3 Å². The molecule has 25 heavy (non-hydrogen) atoms. The first kappa shape index (κ1) is 16.3. The Morgan fingerprint density at radius 3 is 2.56 bits per heavy atom. The van der Waals surface area contributed by atoms with Crippen LogP contribution in [0.2, 0.25) is 0 Å². The zero-order valence-electron chi connectivity index (χ0n) is 14.3. The molecule has 2 saturated heterocycles. The van der Waals surface area contributed by atoms with Crippen molar-refractivity contribution < 1.29 is 14.3 Å². The summed E-state index contributed by atoms with van der Waals surface area (Å²) in [5.74, 6) is -0.228. The maximum absolute atomic E-state index is 12.5. The Bertz CT molecular complexity index is 713. The van der Waals surface area contributed by atoms with Crippen molar-refractivity contribution in [3.8, 4) is 5.69 Å². The van der Waals surface area contributed by atoms with Crippen LogP contribution in [0.1, 0.15) is 24.8 Å². The number of nitrogens with zero attached hydrogens (tertiary/aromatic N) is 3. The van der Waals surface area contributed by atoms with E-state index in [1.807, 2.05) is 52.3 Å². The molecule has 0 unspecified atom stereocenters. The van der Waals surface area contributed by atoms with Crippen LogP contribution in [0.4, 0.5) is 0 Å². The van der Waals surface area contributed by atoms with Crippen molar-refractivity contribution in [3.63, 3.8) is 0 Å². The number of benzene rings is 1. The normalized spacial score (nSPS) is 19.4. The summed E-state index contributed by atoms with van der Waals surface area (Å²) in [6, 6.07) is 9.98. The minimum Gasteiger partial charge on any atom is -0.347 e. The van der Waals surface area contributed by atoms with Crippen molar-refractivity contribution in [2.24, 2.45) is 0 Å². The van der Waals surface area contributed by atoms with E-state index in [1.54, 1.807) is 0 Å². The van der Waals surface area contributed by atoms with Gasteiger partial charge in [0.2, 0.25) is 5.91 Å². The van der Waals surface area contributed by atoms with Crippen LogP contribution in [0.3, 0.4) is 0 Å². The second-order valence-electron chi connectivity index (χ2n) is 6.62. The van der Waals surface area contributed by atoms with Crippen LogP contribution >= 0.6 is 0 Å². The fourth-order valence-electron chi connectivity index (χ4n) is 3.50. The Balaban J connectivity index is 1.29.